The topological polar surface area (TPSA) is 71.3 Å². The van der Waals surface area contributed by atoms with Crippen molar-refractivity contribution in [3.63, 3.8) is 0 Å². The molecule has 1 atom stereocenters. The first-order valence-electron chi connectivity index (χ1n) is 9.03. The molecule has 1 saturated heterocycles. The molecule has 1 unspecified atom stereocenters. The summed E-state index contributed by atoms with van der Waals surface area (Å²) in [6.45, 7) is 6.84. The summed E-state index contributed by atoms with van der Waals surface area (Å²) in [5.74, 6) is 1.35. The van der Waals surface area contributed by atoms with Gasteiger partial charge in [0.05, 0.1) is 5.92 Å². The monoisotopic (exact) mass is 342 g/mol. The van der Waals surface area contributed by atoms with Gasteiger partial charge in [-0.3, -0.25) is 4.79 Å². The summed E-state index contributed by atoms with van der Waals surface area (Å²) in [6, 6.07) is 10.2. The maximum atomic E-state index is 12.4. The minimum atomic E-state index is 0.0845. The number of carbonyl (C=O) groups is 1. The maximum absolute atomic E-state index is 12.4. The highest BCUT2D eigenvalue weighted by molar-refractivity contribution is 5.78. The number of benzene rings is 1. The Kier molecular flexibility index (Phi) is 5.81. The lowest BCUT2D eigenvalue weighted by atomic mass is 9.96. The summed E-state index contributed by atoms with van der Waals surface area (Å²) < 4.78 is 5.28. The van der Waals surface area contributed by atoms with Crippen LogP contribution in [-0.2, 0) is 11.2 Å². The SMILES string of the molecule is CC(C)N1CCCC(C(=O)NCCc2noc(-c3ccccc3)n2)C1. The number of amides is 1. The van der Waals surface area contributed by atoms with Crippen LogP contribution < -0.4 is 5.32 Å². The van der Waals surface area contributed by atoms with Gasteiger partial charge in [0.1, 0.15) is 0 Å². The number of aromatic nitrogens is 2. The highest BCUT2D eigenvalue weighted by atomic mass is 16.5. The third-order valence-corrected chi connectivity index (χ3v) is 4.69. The molecule has 1 aromatic heterocycles. The molecule has 0 aliphatic carbocycles. The molecule has 1 N–H and O–H groups in total. The van der Waals surface area contributed by atoms with Crippen LogP contribution in [0.5, 0.6) is 0 Å². The predicted molar refractivity (Wildman–Crippen MR) is 95.9 cm³/mol. The van der Waals surface area contributed by atoms with Crippen LogP contribution in [0.15, 0.2) is 34.9 Å². The molecule has 1 aliphatic rings. The maximum Gasteiger partial charge on any atom is 0.257 e. The van der Waals surface area contributed by atoms with Crippen LogP contribution in [0.1, 0.15) is 32.5 Å². The van der Waals surface area contributed by atoms with Crippen LogP contribution in [0.4, 0.5) is 0 Å². The van der Waals surface area contributed by atoms with Crippen LogP contribution in [-0.4, -0.2) is 46.6 Å². The summed E-state index contributed by atoms with van der Waals surface area (Å²) in [5, 5.41) is 7.01. The molecule has 1 aromatic carbocycles. The number of carbonyl (C=O) groups excluding carboxylic acids is 1. The van der Waals surface area contributed by atoms with E-state index in [4.69, 9.17) is 4.52 Å². The van der Waals surface area contributed by atoms with E-state index in [2.05, 4.69) is 34.2 Å². The van der Waals surface area contributed by atoms with Crippen LogP contribution in [0.25, 0.3) is 11.5 Å². The third kappa shape index (κ3) is 4.66. The van der Waals surface area contributed by atoms with Crippen molar-refractivity contribution < 1.29 is 9.32 Å². The normalized spacial score (nSPS) is 18.4. The molecule has 1 aliphatic heterocycles. The number of nitrogens with zero attached hydrogens (tertiary/aromatic N) is 3. The van der Waals surface area contributed by atoms with Crippen molar-refractivity contribution in [3.05, 3.63) is 36.2 Å². The smallest absolute Gasteiger partial charge is 0.257 e. The Balaban J connectivity index is 1.47. The number of likely N-dealkylation sites (tertiary alicyclic amines) is 1. The van der Waals surface area contributed by atoms with Crippen molar-refractivity contribution in [2.75, 3.05) is 19.6 Å². The zero-order valence-electron chi connectivity index (χ0n) is 14.9. The van der Waals surface area contributed by atoms with Gasteiger partial charge in [-0.1, -0.05) is 23.4 Å². The van der Waals surface area contributed by atoms with Crippen LogP contribution in [0, 0.1) is 5.92 Å². The van der Waals surface area contributed by atoms with Crippen molar-refractivity contribution in [3.8, 4) is 11.5 Å². The number of nitrogens with one attached hydrogen (secondary N) is 1. The molecule has 0 saturated carbocycles. The number of piperidine rings is 1. The molecule has 2 heterocycles. The second-order valence-corrected chi connectivity index (χ2v) is 6.85. The minimum absolute atomic E-state index is 0.0845. The Bertz CT molecular complexity index is 684. The van der Waals surface area contributed by atoms with Gasteiger partial charge >= 0.3 is 0 Å². The molecule has 2 aromatic rings. The molecule has 0 radical (unpaired) electrons. The second kappa shape index (κ2) is 8.25. The number of hydrogen-bond acceptors (Lipinski definition) is 5. The van der Waals surface area contributed by atoms with Crippen LogP contribution in [0.2, 0.25) is 0 Å². The highest BCUT2D eigenvalue weighted by Gasteiger charge is 2.26. The molecule has 0 spiro atoms. The fourth-order valence-electron chi connectivity index (χ4n) is 3.18. The van der Waals surface area contributed by atoms with E-state index in [0.717, 1.165) is 31.5 Å². The van der Waals surface area contributed by atoms with Crippen LogP contribution >= 0.6 is 0 Å². The van der Waals surface area contributed by atoms with Gasteiger partial charge in [-0.25, -0.2) is 0 Å². The first-order chi connectivity index (χ1) is 12.1. The Morgan fingerprint density at radius 3 is 2.92 bits per heavy atom. The molecule has 0 bridgehead atoms. The summed E-state index contributed by atoms with van der Waals surface area (Å²) >= 11 is 0. The molecule has 1 amide bonds. The average Bonchev–Trinajstić information content (AvgIpc) is 3.11. The van der Waals surface area contributed by atoms with Crippen molar-refractivity contribution in [1.29, 1.82) is 0 Å². The number of hydrogen-bond donors (Lipinski definition) is 1. The Morgan fingerprint density at radius 1 is 1.36 bits per heavy atom. The van der Waals surface area contributed by atoms with Crippen molar-refractivity contribution in [1.82, 2.24) is 20.4 Å². The quantitative estimate of drug-likeness (QED) is 0.873. The first kappa shape index (κ1) is 17.6. The molecular weight excluding hydrogens is 316 g/mol. The Hall–Kier alpha value is -2.21. The van der Waals surface area contributed by atoms with E-state index in [9.17, 15) is 4.79 Å². The highest BCUT2D eigenvalue weighted by Crippen LogP contribution is 2.19. The Labute approximate surface area is 148 Å². The van der Waals surface area contributed by atoms with E-state index in [1.165, 1.54) is 0 Å². The largest absolute Gasteiger partial charge is 0.355 e. The van der Waals surface area contributed by atoms with E-state index >= 15 is 0 Å². The standard InChI is InChI=1S/C19H26N4O2/c1-14(2)23-12-6-9-16(13-23)18(24)20-11-10-17-21-19(25-22-17)15-7-4-3-5-8-15/h3-5,7-8,14,16H,6,9-13H2,1-2H3,(H,20,24). The van der Waals surface area contributed by atoms with E-state index in [1.807, 2.05) is 30.3 Å². The van der Waals surface area contributed by atoms with Gasteiger partial charge in [-0.2, -0.15) is 4.98 Å². The molecule has 134 valence electrons. The van der Waals surface area contributed by atoms with Crippen molar-refractivity contribution in [2.24, 2.45) is 5.92 Å². The predicted octanol–water partition coefficient (Wildman–Crippen LogP) is 2.52. The summed E-state index contributed by atoms with van der Waals surface area (Å²) in [7, 11) is 0. The lowest BCUT2D eigenvalue weighted by Crippen LogP contribution is -2.45. The van der Waals surface area contributed by atoms with Crippen molar-refractivity contribution >= 4 is 5.91 Å². The molecule has 6 nitrogen and oxygen atoms in total. The summed E-state index contributed by atoms with van der Waals surface area (Å²) in [6.07, 6.45) is 2.62. The fourth-order valence-corrected chi connectivity index (χ4v) is 3.18. The number of rotatable bonds is 6. The molecule has 6 heteroatoms. The van der Waals surface area contributed by atoms with Crippen LogP contribution in [0.3, 0.4) is 0 Å². The lowest BCUT2D eigenvalue weighted by Gasteiger charge is -2.34. The van der Waals surface area contributed by atoms with E-state index in [1.54, 1.807) is 0 Å². The van der Waals surface area contributed by atoms with Crippen molar-refractivity contribution in [2.45, 2.75) is 39.2 Å². The molecule has 3 rings (SSSR count). The van der Waals surface area contributed by atoms with Gasteiger partial charge in [0, 0.05) is 31.1 Å². The summed E-state index contributed by atoms with van der Waals surface area (Å²) in [4.78, 5) is 19.1. The fraction of sp³-hybridized carbons (Fsp3) is 0.526. The molecular formula is C19H26N4O2. The zero-order valence-corrected chi connectivity index (χ0v) is 14.9. The van der Waals surface area contributed by atoms with Gasteiger partial charge in [0.25, 0.3) is 5.89 Å². The van der Waals surface area contributed by atoms with E-state index in [-0.39, 0.29) is 11.8 Å². The van der Waals surface area contributed by atoms with E-state index < -0.39 is 0 Å². The van der Waals surface area contributed by atoms with Gasteiger partial charge < -0.3 is 14.7 Å². The minimum Gasteiger partial charge on any atom is -0.355 e. The van der Waals surface area contributed by atoms with Gasteiger partial charge in [0.2, 0.25) is 5.91 Å². The van der Waals surface area contributed by atoms with Gasteiger partial charge in [0.15, 0.2) is 5.82 Å². The average molecular weight is 342 g/mol. The molecule has 1 fully saturated rings. The molecule has 25 heavy (non-hydrogen) atoms. The van der Waals surface area contributed by atoms with E-state index in [0.29, 0.717) is 30.7 Å². The third-order valence-electron chi connectivity index (χ3n) is 4.69. The zero-order chi connectivity index (χ0) is 17.6. The summed E-state index contributed by atoms with van der Waals surface area (Å²) in [5.41, 5.74) is 0.904. The van der Waals surface area contributed by atoms with Gasteiger partial charge in [-0.05, 0) is 45.4 Å². The second-order valence-electron chi connectivity index (χ2n) is 6.85. The Morgan fingerprint density at radius 2 is 2.16 bits per heavy atom. The van der Waals surface area contributed by atoms with Gasteiger partial charge in [-0.15, -0.1) is 0 Å². The lowest BCUT2D eigenvalue weighted by molar-refractivity contribution is -0.126. The first-order valence-corrected chi connectivity index (χ1v) is 9.03.